The van der Waals surface area contributed by atoms with Gasteiger partial charge in [-0.3, -0.25) is 4.79 Å². The Morgan fingerprint density at radius 1 is 1.67 bits per heavy atom. The highest BCUT2D eigenvalue weighted by atomic mass is 35.5. The lowest BCUT2D eigenvalue weighted by atomic mass is 9.97. The van der Waals surface area contributed by atoms with E-state index < -0.39 is 0 Å². The number of aliphatic hydroxyl groups is 1. The predicted molar refractivity (Wildman–Crippen MR) is 70.8 cm³/mol. The molecule has 0 radical (unpaired) electrons. The van der Waals surface area contributed by atoms with Crippen molar-refractivity contribution in [2.45, 2.75) is 44.8 Å². The van der Waals surface area contributed by atoms with Gasteiger partial charge in [0, 0.05) is 18.8 Å². The highest BCUT2D eigenvalue weighted by Gasteiger charge is 2.28. The molecule has 1 amide bonds. The first-order chi connectivity index (χ1) is 8.58. The summed E-state index contributed by atoms with van der Waals surface area (Å²) in [6.45, 7) is 2.52. The molecule has 1 saturated heterocycles. The van der Waals surface area contributed by atoms with Gasteiger partial charge in [-0.25, -0.2) is 0 Å². The Morgan fingerprint density at radius 2 is 2.44 bits per heavy atom. The van der Waals surface area contributed by atoms with E-state index in [0.29, 0.717) is 17.1 Å². The van der Waals surface area contributed by atoms with Crippen molar-refractivity contribution in [3.8, 4) is 0 Å². The summed E-state index contributed by atoms with van der Waals surface area (Å²) in [7, 11) is 0. The molecule has 5 heteroatoms. The first kappa shape index (κ1) is 13.4. The molecule has 1 aliphatic heterocycles. The van der Waals surface area contributed by atoms with Crippen molar-refractivity contribution in [1.29, 1.82) is 0 Å². The highest BCUT2D eigenvalue weighted by molar-refractivity contribution is 6.30. The highest BCUT2D eigenvalue weighted by Crippen LogP contribution is 2.23. The normalized spacial score (nSPS) is 21.9. The SMILES string of the molecule is C[C@@H](O)C[C@H]1CCCCN1C(=O)c1cc(Cl)c[nH]1. The first-order valence-electron chi connectivity index (χ1n) is 6.41. The minimum Gasteiger partial charge on any atom is -0.393 e. The molecule has 0 unspecified atom stereocenters. The number of aromatic nitrogens is 1. The van der Waals surface area contributed by atoms with Gasteiger partial charge in [0.1, 0.15) is 5.69 Å². The van der Waals surface area contributed by atoms with E-state index >= 15 is 0 Å². The second-order valence-corrected chi connectivity index (χ2v) is 5.40. The predicted octanol–water partition coefficient (Wildman–Crippen LogP) is 2.43. The number of nitrogens with one attached hydrogen (secondary N) is 1. The molecule has 1 aromatic heterocycles. The minimum atomic E-state index is -0.379. The molecule has 0 bridgehead atoms. The molecule has 2 rings (SSSR count). The number of piperidine rings is 1. The summed E-state index contributed by atoms with van der Waals surface area (Å²) in [6.07, 6.45) is 4.98. The smallest absolute Gasteiger partial charge is 0.270 e. The van der Waals surface area contributed by atoms with Crippen LogP contribution in [-0.2, 0) is 0 Å². The van der Waals surface area contributed by atoms with Gasteiger partial charge in [0.05, 0.1) is 11.1 Å². The lowest BCUT2D eigenvalue weighted by molar-refractivity contribution is 0.0510. The number of rotatable bonds is 3. The molecule has 18 heavy (non-hydrogen) atoms. The lowest BCUT2D eigenvalue weighted by Crippen LogP contribution is -2.45. The number of H-pyrrole nitrogens is 1. The molecule has 2 N–H and O–H groups in total. The van der Waals surface area contributed by atoms with Crippen LogP contribution in [0, 0.1) is 0 Å². The van der Waals surface area contributed by atoms with Crippen molar-refractivity contribution < 1.29 is 9.90 Å². The van der Waals surface area contributed by atoms with Crippen molar-refractivity contribution in [2.75, 3.05) is 6.54 Å². The quantitative estimate of drug-likeness (QED) is 0.886. The number of aromatic amines is 1. The zero-order chi connectivity index (χ0) is 13.1. The summed E-state index contributed by atoms with van der Waals surface area (Å²) in [5, 5.41) is 10.1. The number of nitrogens with zero attached hydrogens (tertiary/aromatic N) is 1. The Balaban J connectivity index is 2.10. The Morgan fingerprint density at radius 3 is 3.06 bits per heavy atom. The molecule has 100 valence electrons. The standard InChI is InChI=1S/C13H19ClN2O2/c1-9(17)6-11-4-2-3-5-16(11)13(18)12-7-10(14)8-15-12/h7-9,11,15,17H,2-6H2,1H3/t9-,11-/m1/s1. The maximum atomic E-state index is 12.4. The van der Waals surface area contributed by atoms with Crippen LogP contribution in [0.15, 0.2) is 12.3 Å². The molecule has 0 saturated carbocycles. The van der Waals surface area contributed by atoms with Crippen molar-refractivity contribution in [2.24, 2.45) is 0 Å². The molecule has 2 atom stereocenters. The van der Waals surface area contributed by atoms with E-state index in [4.69, 9.17) is 11.6 Å². The second-order valence-electron chi connectivity index (χ2n) is 4.96. The number of carbonyl (C=O) groups is 1. The molecule has 0 aromatic carbocycles. The second kappa shape index (κ2) is 5.76. The van der Waals surface area contributed by atoms with Crippen LogP contribution >= 0.6 is 11.6 Å². The van der Waals surface area contributed by atoms with Gasteiger partial charge in [-0.2, -0.15) is 0 Å². The van der Waals surface area contributed by atoms with E-state index in [2.05, 4.69) is 4.98 Å². The van der Waals surface area contributed by atoms with Crippen LogP contribution in [0.4, 0.5) is 0 Å². The first-order valence-corrected chi connectivity index (χ1v) is 6.78. The van der Waals surface area contributed by atoms with Gasteiger partial charge >= 0.3 is 0 Å². The zero-order valence-electron chi connectivity index (χ0n) is 10.5. The summed E-state index contributed by atoms with van der Waals surface area (Å²) >= 11 is 5.82. The fraction of sp³-hybridized carbons (Fsp3) is 0.615. The Kier molecular flexibility index (Phi) is 4.30. The van der Waals surface area contributed by atoms with E-state index in [0.717, 1.165) is 25.8 Å². The number of amides is 1. The number of likely N-dealkylation sites (tertiary alicyclic amines) is 1. The Bertz CT molecular complexity index is 417. The third-order valence-corrected chi connectivity index (χ3v) is 3.60. The molecule has 4 nitrogen and oxygen atoms in total. The van der Waals surface area contributed by atoms with Crippen LogP contribution in [-0.4, -0.2) is 39.6 Å². The van der Waals surface area contributed by atoms with Crippen molar-refractivity contribution in [3.05, 3.63) is 23.0 Å². The van der Waals surface area contributed by atoms with Crippen LogP contribution < -0.4 is 0 Å². The van der Waals surface area contributed by atoms with Crippen molar-refractivity contribution in [1.82, 2.24) is 9.88 Å². The molecule has 0 aliphatic carbocycles. The van der Waals surface area contributed by atoms with Gasteiger partial charge in [-0.1, -0.05) is 11.6 Å². The maximum Gasteiger partial charge on any atom is 0.270 e. The number of hydrogen-bond donors (Lipinski definition) is 2. The lowest BCUT2D eigenvalue weighted by Gasteiger charge is -2.36. The van der Waals surface area contributed by atoms with Gasteiger partial charge in [0.15, 0.2) is 0 Å². The van der Waals surface area contributed by atoms with Crippen LogP contribution in [0.5, 0.6) is 0 Å². The third-order valence-electron chi connectivity index (χ3n) is 3.38. The third kappa shape index (κ3) is 3.06. The fourth-order valence-electron chi connectivity index (χ4n) is 2.55. The number of hydrogen-bond acceptors (Lipinski definition) is 2. The van der Waals surface area contributed by atoms with Crippen molar-refractivity contribution >= 4 is 17.5 Å². The van der Waals surface area contributed by atoms with Gasteiger partial charge in [0.2, 0.25) is 0 Å². The molecule has 2 heterocycles. The average molecular weight is 271 g/mol. The van der Waals surface area contributed by atoms with E-state index in [9.17, 15) is 9.90 Å². The molecule has 1 aliphatic rings. The summed E-state index contributed by atoms with van der Waals surface area (Å²) in [5.74, 6) is -0.0211. The average Bonchev–Trinajstić information content (AvgIpc) is 2.75. The monoisotopic (exact) mass is 270 g/mol. The molecule has 1 aromatic rings. The van der Waals surface area contributed by atoms with E-state index in [1.807, 2.05) is 4.90 Å². The van der Waals surface area contributed by atoms with Gasteiger partial charge in [-0.15, -0.1) is 0 Å². The maximum absolute atomic E-state index is 12.4. The van der Waals surface area contributed by atoms with Crippen molar-refractivity contribution in [3.63, 3.8) is 0 Å². The topological polar surface area (TPSA) is 56.3 Å². The van der Waals surface area contributed by atoms with Crippen LogP contribution in [0.3, 0.4) is 0 Å². The zero-order valence-corrected chi connectivity index (χ0v) is 11.3. The summed E-state index contributed by atoms with van der Waals surface area (Å²) in [4.78, 5) is 17.1. The summed E-state index contributed by atoms with van der Waals surface area (Å²) in [6, 6.07) is 1.78. The molecular weight excluding hydrogens is 252 g/mol. The van der Waals surface area contributed by atoms with E-state index in [-0.39, 0.29) is 18.1 Å². The number of aliphatic hydroxyl groups excluding tert-OH is 1. The fourth-order valence-corrected chi connectivity index (χ4v) is 2.72. The van der Waals surface area contributed by atoms with Crippen LogP contribution in [0.25, 0.3) is 0 Å². The number of halogens is 1. The van der Waals surface area contributed by atoms with Crippen LogP contribution in [0.1, 0.15) is 43.1 Å². The van der Waals surface area contributed by atoms with Gasteiger partial charge in [-0.05, 0) is 38.7 Å². The number of carbonyl (C=O) groups excluding carboxylic acids is 1. The Hall–Kier alpha value is -1.00. The van der Waals surface area contributed by atoms with Crippen LogP contribution in [0.2, 0.25) is 5.02 Å². The molecule has 1 fully saturated rings. The van der Waals surface area contributed by atoms with Gasteiger partial charge < -0.3 is 15.0 Å². The van der Waals surface area contributed by atoms with E-state index in [1.165, 1.54) is 0 Å². The Labute approximate surface area is 112 Å². The van der Waals surface area contributed by atoms with E-state index in [1.54, 1.807) is 19.2 Å². The largest absolute Gasteiger partial charge is 0.393 e. The van der Waals surface area contributed by atoms with Gasteiger partial charge in [0.25, 0.3) is 5.91 Å². The molecular formula is C13H19ClN2O2. The molecule has 0 spiro atoms. The summed E-state index contributed by atoms with van der Waals surface area (Å²) < 4.78 is 0. The minimum absolute atomic E-state index is 0.0211. The summed E-state index contributed by atoms with van der Waals surface area (Å²) in [5.41, 5.74) is 0.525.